The average molecular weight is 726 g/mol. The number of carboxylic acids is 1. The van der Waals surface area contributed by atoms with Gasteiger partial charge in [0.1, 0.15) is 36.8 Å². The molecular weight excluding hydrogens is 670 g/mol. The van der Waals surface area contributed by atoms with Gasteiger partial charge in [-0.3, -0.25) is 43.2 Å². The van der Waals surface area contributed by atoms with Gasteiger partial charge in [0.15, 0.2) is 0 Å². The molecule has 1 saturated heterocycles. The lowest BCUT2D eigenvalue weighted by Gasteiger charge is -2.31. The van der Waals surface area contributed by atoms with Crippen molar-refractivity contribution in [1.82, 2.24) is 36.8 Å². The number of amides is 8. The highest BCUT2D eigenvalue weighted by atomic mass is 16.4. The van der Waals surface area contributed by atoms with Gasteiger partial charge in [0.25, 0.3) is 0 Å². The zero-order valence-electron chi connectivity index (χ0n) is 30.2. The van der Waals surface area contributed by atoms with Crippen LogP contribution in [0.3, 0.4) is 0 Å². The highest BCUT2D eigenvalue weighted by molar-refractivity contribution is 5.97. The summed E-state index contributed by atoms with van der Waals surface area (Å²) >= 11 is 0. The van der Waals surface area contributed by atoms with E-state index in [0.717, 1.165) is 0 Å². The second kappa shape index (κ2) is 21.4. The minimum absolute atomic E-state index is 0.0946. The fraction of sp³-hybridized carbons (Fsp3) is 0.719. The summed E-state index contributed by atoms with van der Waals surface area (Å²) in [5, 5.41) is 24.0. The number of primary amides is 1. The number of hydrogen-bond donors (Lipinski definition) is 9. The lowest BCUT2D eigenvalue weighted by molar-refractivity contribution is -0.143. The molecule has 1 aliphatic rings. The van der Waals surface area contributed by atoms with E-state index in [-0.39, 0.29) is 44.7 Å². The number of carbonyl (C=O) groups excluding carboxylic acids is 8. The summed E-state index contributed by atoms with van der Waals surface area (Å²) in [5.74, 6) is -7.73. The predicted octanol–water partition coefficient (Wildman–Crippen LogP) is -3.18. The Balaban J connectivity index is 3.18. The molecule has 0 bridgehead atoms. The summed E-state index contributed by atoms with van der Waals surface area (Å²) in [6, 6.07) is -5.73. The Kier molecular flexibility index (Phi) is 18.6. The van der Waals surface area contributed by atoms with Crippen molar-refractivity contribution in [1.29, 1.82) is 0 Å². The molecule has 1 fully saturated rings. The van der Waals surface area contributed by atoms with Crippen LogP contribution >= 0.6 is 0 Å². The first kappa shape index (κ1) is 44.2. The van der Waals surface area contributed by atoms with Crippen LogP contribution in [0.15, 0.2) is 0 Å². The van der Waals surface area contributed by atoms with E-state index in [1.54, 1.807) is 27.7 Å². The highest BCUT2D eigenvalue weighted by Gasteiger charge is 2.39. The number of carboxylic acid groups (broad SMARTS) is 1. The summed E-state index contributed by atoms with van der Waals surface area (Å²) in [5.41, 5.74) is 10.6. The van der Waals surface area contributed by atoms with Gasteiger partial charge in [-0.25, -0.2) is 0 Å². The molecule has 8 amide bonds. The number of rotatable bonds is 21. The van der Waals surface area contributed by atoms with Gasteiger partial charge >= 0.3 is 5.97 Å². The molecule has 11 N–H and O–H groups in total. The molecule has 5 atom stereocenters. The minimum Gasteiger partial charge on any atom is -0.480 e. The third kappa shape index (κ3) is 15.3. The lowest BCUT2D eigenvalue weighted by Crippen LogP contribution is -2.61. The van der Waals surface area contributed by atoms with E-state index in [0.29, 0.717) is 6.42 Å². The molecule has 19 heteroatoms. The molecule has 0 aromatic heterocycles. The standard InChI is InChI=1S/C32H55N9O10/c1-16(2)12-20(38-30(49)26(17(3)4)39-24(44)14-35-23(43)13-33)28(47)40-27(18(5)6)31(50)37-19(9-10-22(34)42)32(51)41-11-7-8-21(41)29(48)36-15-25(45)46/h16-21,26-27H,7-15,33H2,1-6H3,(H2,34,42)(H,35,43)(H,36,48)(H,37,50)(H,38,49)(H,39,44)(H,40,47)(H,45,46)/t19-,20+,21-,26-,27-/m0/s1. The van der Waals surface area contributed by atoms with Gasteiger partial charge in [-0.15, -0.1) is 0 Å². The Bertz CT molecular complexity index is 1290. The van der Waals surface area contributed by atoms with Crippen molar-refractivity contribution >= 4 is 53.2 Å². The molecule has 1 aliphatic heterocycles. The molecular formula is C32H55N9O10. The molecule has 0 spiro atoms. The maximum Gasteiger partial charge on any atom is 0.322 e. The number of nitrogens with two attached hydrogens (primary N) is 2. The van der Waals surface area contributed by atoms with Crippen molar-refractivity contribution in [2.24, 2.45) is 29.2 Å². The molecule has 0 aromatic rings. The largest absolute Gasteiger partial charge is 0.480 e. The molecule has 0 saturated carbocycles. The van der Waals surface area contributed by atoms with Crippen molar-refractivity contribution in [2.45, 2.75) is 104 Å². The topological polar surface area (TPSA) is 301 Å². The summed E-state index contributed by atoms with van der Waals surface area (Å²) in [7, 11) is 0. The maximum absolute atomic E-state index is 13.7. The number of carbonyl (C=O) groups is 9. The van der Waals surface area contributed by atoms with Crippen LogP contribution in [-0.4, -0.2) is 120 Å². The Morgan fingerprint density at radius 3 is 1.82 bits per heavy atom. The molecule has 0 radical (unpaired) electrons. The van der Waals surface area contributed by atoms with E-state index < -0.39 is 108 Å². The number of likely N-dealkylation sites (tertiary alicyclic amines) is 1. The summed E-state index contributed by atoms with van der Waals surface area (Å²) < 4.78 is 0. The maximum atomic E-state index is 13.7. The van der Waals surface area contributed by atoms with Crippen molar-refractivity contribution in [3.05, 3.63) is 0 Å². The molecule has 19 nitrogen and oxygen atoms in total. The third-order valence-corrected chi connectivity index (χ3v) is 8.03. The van der Waals surface area contributed by atoms with Gasteiger partial charge in [0.2, 0.25) is 47.3 Å². The van der Waals surface area contributed by atoms with Crippen LogP contribution in [0.5, 0.6) is 0 Å². The second-order valence-corrected chi connectivity index (χ2v) is 13.6. The van der Waals surface area contributed by atoms with Crippen LogP contribution in [0, 0.1) is 17.8 Å². The fourth-order valence-electron chi connectivity index (χ4n) is 5.35. The van der Waals surface area contributed by atoms with E-state index in [1.165, 1.54) is 4.90 Å². The van der Waals surface area contributed by atoms with Gasteiger partial charge in [-0.2, -0.15) is 0 Å². The van der Waals surface area contributed by atoms with Crippen LogP contribution in [0.1, 0.15) is 73.6 Å². The molecule has 0 unspecified atom stereocenters. The predicted molar refractivity (Wildman–Crippen MR) is 183 cm³/mol. The Morgan fingerprint density at radius 2 is 1.31 bits per heavy atom. The molecule has 288 valence electrons. The average Bonchev–Trinajstić information content (AvgIpc) is 3.54. The minimum atomic E-state index is -1.31. The van der Waals surface area contributed by atoms with E-state index >= 15 is 0 Å². The molecule has 51 heavy (non-hydrogen) atoms. The van der Waals surface area contributed by atoms with Gasteiger partial charge in [0.05, 0.1) is 13.1 Å². The van der Waals surface area contributed by atoms with Gasteiger partial charge < -0.3 is 53.4 Å². The number of nitrogens with one attached hydrogen (secondary N) is 6. The summed E-state index contributed by atoms with van der Waals surface area (Å²) in [6.45, 7) is 9.09. The van der Waals surface area contributed by atoms with Crippen LogP contribution in [0.2, 0.25) is 0 Å². The first-order valence-corrected chi connectivity index (χ1v) is 17.0. The van der Waals surface area contributed by atoms with Crippen molar-refractivity contribution in [3.63, 3.8) is 0 Å². The Hall–Kier alpha value is -4.81. The lowest BCUT2D eigenvalue weighted by atomic mass is 9.98. The van der Waals surface area contributed by atoms with Crippen molar-refractivity contribution < 1.29 is 48.3 Å². The smallest absolute Gasteiger partial charge is 0.322 e. The number of hydrogen-bond acceptors (Lipinski definition) is 10. The number of nitrogens with zero attached hydrogens (tertiary/aromatic N) is 1. The zero-order chi connectivity index (χ0) is 39.0. The van der Waals surface area contributed by atoms with E-state index in [9.17, 15) is 43.2 Å². The second-order valence-electron chi connectivity index (χ2n) is 13.6. The zero-order valence-corrected chi connectivity index (χ0v) is 30.2. The first-order chi connectivity index (χ1) is 23.8. The van der Waals surface area contributed by atoms with E-state index in [2.05, 4.69) is 31.9 Å². The fourth-order valence-corrected chi connectivity index (χ4v) is 5.35. The van der Waals surface area contributed by atoms with Crippen molar-refractivity contribution in [3.8, 4) is 0 Å². The van der Waals surface area contributed by atoms with E-state index in [1.807, 2.05) is 13.8 Å². The van der Waals surface area contributed by atoms with Crippen LogP contribution in [0.25, 0.3) is 0 Å². The van der Waals surface area contributed by atoms with Gasteiger partial charge in [-0.05, 0) is 43.4 Å². The van der Waals surface area contributed by atoms with Crippen molar-refractivity contribution in [2.75, 3.05) is 26.2 Å². The molecule has 0 aromatic carbocycles. The molecule has 1 heterocycles. The summed E-state index contributed by atoms with van der Waals surface area (Å²) in [6.07, 6.45) is 0.369. The summed E-state index contributed by atoms with van der Waals surface area (Å²) in [4.78, 5) is 115. The van der Waals surface area contributed by atoms with Gasteiger partial charge in [-0.1, -0.05) is 41.5 Å². The quantitative estimate of drug-likeness (QED) is 0.0568. The van der Waals surface area contributed by atoms with Crippen LogP contribution in [0.4, 0.5) is 0 Å². The van der Waals surface area contributed by atoms with Crippen LogP contribution < -0.4 is 43.4 Å². The van der Waals surface area contributed by atoms with Gasteiger partial charge in [0, 0.05) is 13.0 Å². The Morgan fingerprint density at radius 1 is 0.745 bits per heavy atom. The first-order valence-electron chi connectivity index (χ1n) is 17.0. The monoisotopic (exact) mass is 725 g/mol. The normalized spacial score (nSPS) is 16.4. The molecule has 0 aliphatic carbocycles. The third-order valence-electron chi connectivity index (χ3n) is 8.03. The highest BCUT2D eigenvalue weighted by Crippen LogP contribution is 2.20. The SMILES string of the molecule is CC(C)C[C@@H](NC(=O)[C@@H](NC(=O)CNC(=O)CN)C(C)C)C(=O)N[C@H](C(=O)N[C@@H](CCC(N)=O)C(=O)N1CCC[C@H]1C(=O)NCC(=O)O)C(C)C. The molecule has 1 rings (SSSR count). The van der Waals surface area contributed by atoms with E-state index in [4.69, 9.17) is 16.6 Å². The Labute approximate surface area is 297 Å². The van der Waals surface area contributed by atoms with Crippen LogP contribution in [-0.2, 0) is 43.2 Å². The number of aliphatic carboxylic acids is 1.